The lowest BCUT2D eigenvalue weighted by Crippen LogP contribution is -2.05. The van der Waals surface area contributed by atoms with E-state index in [-0.39, 0.29) is 0 Å². The van der Waals surface area contributed by atoms with Gasteiger partial charge in [0.25, 0.3) is 0 Å². The maximum atomic E-state index is 6.40. The van der Waals surface area contributed by atoms with Gasteiger partial charge in [-0.3, -0.25) is 4.40 Å². The molecule has 1 N–H and O–H groups in total. The first kappa shape index (κ1) is 17.1. The number of hydrogen-bond acceptors (Lipinski definition) is 3. The number of hydrogen-bond donors (Lipinski definition) is 1. The second-order valence-electron chi connectivity index (χ2n) is 5.74. The third-order valence-corrected chi connectivity index (χ3v) is 4.41. The Hall–Kier alpha value is -1.78. The first-order chi connectivity index (χ1) is 11.5. The number of anilines is 1. The average molecular weight is 363 g/mol. The lowest BCUT2D eigenvalue weighted by atomic mass is 10.1. The third-order valence-electron chi connectivity index (χ3n) is 3.86. The van der Waals surface area contributed by atoms with E-state index in [1.54, 1.807) is 6.07 Å². The molecule has 3 rings (SSSR count). The maximum absolute atomic E-state index is 6.40. The molecule has 0 aliphatic heterocycles. The number of fused-ring (bicyclic) bond motifs is 1. The van der Waals surface area contributed by atoms with Crippen LogP contribution in [0.5, 0.6) is 0 Å². The van der Waals surface area contributed by atoms with Gasteiger partial charge in [0, 0.05) is 23.3 Å². The largest absolute Gasteiger partial charge is 0.370 e. The summed E-state index contributed by atoms with van der Waals surface area (Å²) in [5.41, 5.74) is 4.35. The Morgan fingerprint density at radius 1 is 1.17 bits per heavy atom. The SMILES string of the molecule is CCCNc1c(CC)nc2c(-c3ccc(Cl)cc3Cl)nc(C)cn12. The van der Waals surface area contributed by atoms with Crippen LogP contribution in [0.3, 0.4) is 0 Å². The second kappa shape index (κ2) is 6.99. The molecule has 0 saturated carbocycles. The van der Waals surface area contributed by atoms with Crippen molar-refractivity contribution in [3.05, 3.63) is 45.8 Å². The highest BCUT2D eigenvalue weighted by Gasteiger charge is 2.18. The molecule has 6 heteroatoms. The second-order valence-corrected chi connectivity index (χ2v) is 6.58. The summed E-state index contributed by atoms with van der Waals surface area (Å²) in [4.78, 5) is 9.50. The summed E-state index contributed by atoms with van der Waals surface area (Å²) >= 11 is 12.4. The van der Waals surface area contributed by atoms with Gasteiger partial charge >= 0.3 is 0 Å². The van der Waals surface area contributed by atoms with Crippen molar-refractivity contribution in [3.8, 4) is 11.3 Å². The first-order valence-corrected chi connectivity index (χ1v) is 8.88. The van der Waals surface area contributed by atoms with Crippen molar-refractivity contribution in [1.29, 1.82) is 0 Å². The molecule has 0 radical (unpaired) electrons. The quantitative estimate of drug-likeness (QED) is 0.660. The molecule has 0 fully saturated rings. The van der Waals surface area contributed by atoms with Crippen molar-refractivity contribution in [2.75, 3.05) is 11.9 Å². The molecule has 2 heterocycles. The van der Waals surface area contributed by atoms with Gasteiger partial charge in [0.05, 0.1) is 16.4 Å². The molecule has 24 heavy (non-hydrogen) atoms. The molecular weight excluding hydrogens is 343 g/mol. The van der Waals surface area contributed by atoms with Crippen molar-refractivity contribution < 1.29 is 0 Å². The molecule has 3 aromatic rings. The van der Waals surface area contributed by atoms with Crippen LogP contribution in [0.1, 0.15) is 31.7 Å². The number of halogens is 2. The summed E-state index contributed by atoms with van der Waals surface area (Å²) in [6, 6.07) is 5.45. The Morgan fingerprint density at radius 2 is 1.96 bits per heavy atom. The normalized spacial score (nSPS) is 11.2. The molecule has 0 aliphatic carbocycles. The van der Waals surface area contributed by atoms with E-state index in [0.29, 0.717) is 10.0 Å². The summed E-state index contributed by atoms with van der Waals surface area (Å²) in [6.45, 7) is 7.13. The predicted molar refractivity (Wildman–Crippen MR) is 101 cm³/mol. The first-order valence-electron chi connectivity index (χ1n) is 8.13. The number of rotatable bonds is 5. The van der Waals surface area contributed by atoms with Crippen LogP contribution in [-0.4, -0.2) is 20.9 Å². The highest BCUT2D eigenvalue weighted by molar-refractivity contribution is 6.36. The Bertz CT molecular complexity index is 886. The van der Waals surface area contributed by atoms with Gasteiger partial charge < -0.3 is 5.32 Å². The lowest BCUT2D eigenvalue weighted by molar-refractivity contribution is 0.949. The Morgan fingerprint density at radius 3 is 2.62 bits per heavy atom. The van der Waals surface area contributed by atoms with Crippen LogP contribution in [0.15, 0.2) is 24.4 Å². The van der Waals surface area contributed by atoms with E-state index in [1.807, 2.05) is 25.3 Å². The maximum Gasteiger partial charge on any atom is 0.165 e. The van der Waals surface area contributed by atoms with Crippen LogP contribution >= 0.6 is 23.2 Å². The Kier molecular flexibility index (Phi) is 4.97. The van der Waals surface area contributed by atoms with Gasteiger partial charge in [-0.05, 0) is 38.0 Å². The molecule has 0 amide bonds. The fraction of sp³-hybridized carbons (Fsp3) is 0.333. The van der Waals surface area contributed by atoms with E-state index in [1.165, 1.54) is 0 Å². The van der Waals surface area contributed by atoms with Crippen molar-refractivity contribution in [3.63, 3.8) is 0 Å². The number of nitrogens with zero attached hydrogens (tertiary/aromatic N) is 3. The molecule has 4 nitrogen and oxygen atoms in total. The number of aromatic nitrogens is 3. The Labute approximate surface area is 151 Å². The minimum atomic E-state index is 0.576. The van der Waals surface area contributed by atoms with Crippen LogP contribution < -0.4 is 5.32 Å². The Balaban J connectivity index is 2.27. The topological polar surface area (TPSA) is 42.2 Å². The zero-order valence-corrected chi connectivity index (χ0v) is 15.5. The highest BCUT2D eigenvalue weighted by atomic mass is 35.5. The molecule has 0 aliphatic rings. The van der Waals surface area contributed by atoms with Gasteiger partial charge in [0.15, 0.2) is 5.65 Å². The van der Waals surface area contributed by atoms with Crippen LogP contribution in [0.2, 0.25) is 10.0 Å². The summed E-state index contributed by atoms with van der Waals surface area (Å²) in [5, 5.41) is 4.67. The standard InChI is InChI=1S/C18H20Cl2N4/c1-4-8-21-17-15(5-2)23-18-16(22-11(3)10-24(17)18)13-7-6-12(19)9-14(13)20/h6-7,9-10,21H,4-5,8H2,1-3H3. The van der Waals surface area contributed by atoms with Gasteiger partial charge in [-0.1, -0.05) is 37.0 Å². The van der Waals surface area contributed by atoms with E-state index in [9.17, 15) is 0 Å². The average Bonchev–Trinajstić information content (AvgIpc) is 2.90. The van der Waals surface area contributed by atoms with Crippen molar-refractivity contribution in [2.24, 2.45) is 0 Å². The minimum Gasteiger partial charge on any atom is -0.370 e. The van der Waals surface area contributed by atoms with E-state index in [4.69, 9.17) is 33.2 Å². The zero-order valence-electron chi connectivity index (χ0n) is 14.0. The zero-order chi connectivity index (χ0) is 17.3. The van der Waals surface area contributed by atoms with Gasteiger partial charge in [0.2, 0.25) is 0 Å². The number of aryl methyl sites for hydroxylation is 2. The molecule has 2 aromatic heterocycles. The fourth-order valence-electron chi connectivity index (χ4n) is 2.75. The smallest absolute Gasteiger partial charge is 0.165 e. The molecule has 0 unspecified atom stereocenters. The van der Waals surface area contributed by atoms with Crippen molar-refractivity contribution in [1.82, 2.24) is 14.4 Å². The van der Waals surface area contributed by atoms with Crippen LogP contribution in [0, 0.1) is 6.92 Å². The van der Waals surface area contributed by atoms with Crippen molar-refractivity contribution in [2.45, 2.75) is 33.6 Å². The lowest BCUT2D eigenvalue weighted by Gasteiger charge is -2.10. The molecule has 0 spiro atoms. The van der Waals surface area contributed by atoms with Gasteiger partial charge in [-0.15, -0.1) is 0 Å². The van der Waals surface area contributed by atoms with E-state index in [2.05, 4.69) is 23.6 Å². The van der Waals surface area contributed by atoms with E-state index >= 15 is 0 Å². The molecule has 0 saturated heterocycles. The molecular formula is C18H20Cl2N4. The van der Waals surface area contributed by atoms with Gasteiger partial charge in [-0.2, -0.15) is 0 Å². The third kappa shape index (κ3) is 3.08. The molecule has 0 atom stereocenters. The van der Waals surface area contributed by atoms with Gasteiger partial charge in [-0.25, -0.2) is 9.97 Å². The highest BCUT2D eigenvalue weighted by Crippen LogP contribution is 2.33. The van der Waals surface area contributed by atoms with Gasteiger partial charge in [0.1, 0.15) is 11.5 Å². The minimum absolute atomic E-state index is 0.576. The fourth-order valence-corrected chi connectivity index (χ4v) is 3.25. The summed E-state index contributed by atoms with van der Waals surface area (Å²) < 4.78 is 2.08. The number of imidazole rings is 1. The summed E-state index contributed by atoms with van der Waals surface area (Å²) in [6.07, 6.45) is 3.91. The molecule has 126 valence electrons. The predicted octanol–water partition coefficient (Wildman–Crippen LogP) is 5.40. The summed E-state index contributed by atoms with van der Waals surface area (Å²) in [7, 11) is 0. The van der Waals surface area contributed by atoms with E-state index < -0.39 is 0 Å². The molecule has 1 aromatic carbocycles. The van der Waals surface area contributed by atoms with E-state index in [0.717, 1.165) is 53.5 Å². The van der Waals surface area contributed by atoms with Crippen LogP contribution in [-0.2, 0) is 6.42 Å². The summed E-state index contributed by atoms with van der Waals surface area (Å²) in [5.74, 6) is 1.03. The van der Waals surface area contributed by atoms with Crippen LogP contribution in [0.4, 0.5) is 5.82 Å². The van der Waals surface area contributed by atoms with Crippen LogP contribution in [0.25, 0.3) is 16.9 Å². The number of benzene rings is 1. The van der Waals surface area contributed by atoms with Crippen molar-refractivity contribution >= 4 is 34.7 Å². The number of nitrogens with one attached hydrogen (secondary N) is 1. The monoisotopic (exact) mass is 362 g/mol. The molecule has 0 bridgehead atoms.